The molecular formula is C10H18N2O2S. The minimum atomic E-state index is 0.158. The number of ether oxygens (including phenoxy) is 1. The van der Waals surface area contributed by atoms with Gasteiger partial charge in [0.25, 0.3) is 0 Å². The van der Waals surface area contributed by atoms with Crippen LogP contribution in [-0.2, 0) is 9.53 Å². The van der Waals surface area contributed by atoms with Gasteiger partial charge >= 0.3 is 0 Å². The summed E-state index contributed by atoms with van der Waals surface area (Å²) in [5.41, 5.74) is 0. The Hall–Kier alpha value is -0.550. The van der Waals surface area contributed by atoms with Crippen molar-refractivity contribution in [3.05, 3.63) is 0 Å². The summed E-state index contributed by atoms with van der Waals surface area (Å²) in [5.74, 6) is 1.23. The zero-order chi connectivity index (χ0) is 11.3. The van der Waals surface area contributed by atoms with Gasteiger partial charge in [0.05, 0.1) is 31.1 Å². The average molecular weight is 230 g/mol. The molecule has 0 aromatic heterocycles. The molecule has 4 nitrogen and oxygen atoms in total. The molecule has 0 aliphatic carbocycles. The molecule has 1 N–H and O–H groups in total. The fourth-order valence-electron chi connectivity index (χ4n) is 1.78. The Kier molecular flexibility index (Phi) is 5.11. The van der Waals surface area contributed by atoms with Gasteiger partial charge in [0.1, 0.15) is 0 Å². The summed E-state index contributed by atoms with van der Waals surface area (Å²) in [4.78, 5) is 13.8. The van der Waals surface area contributed by atoms with E-state index in [4.69, 9.17) is 10.1 Å². The number of amides is 1. The Morgan fingerprint density at radius 3 is 2.67 bits per heavy atom. The van der Waals surface area contributed by atoms with Crippen LogP contribution in [0.3, 0.4) is 0 Å². The third-order valence-corrected chi connectivity index (χ3v) is 3.24. The highest BCUT2D eigenvalue weighted by Gasteiger charge is 2.28. The zero-order valence-electron chi connectivity index (χ0n) is 9.23. The Morgan fingerprint density at radius 1 is 1.53 bits per heavy atom. The van der Waals surface area contributed by atoms with Gasteiger partial charge in [-0.1, -0.05) is 0 Å². The molecule has 1 aliphatic heterocycles. The second-order valence-electron chi connectivity index (χ2n) is 3.76. The molecule has 1 aliphatic rings. The van der Waals surface area contributed by atoms with Gasteiger partial charge in [-0.25, -0.2) is 0 Å². The topological polar surface area (TPSA) is 53.4 Å². The van der Waals surface area contributed by atoms with E-state index in [0.717, 1.165) is 0 Å². The van der Waals surface area contributed by atoms with Gasteiger partial charge in [-0.3, -0.25) is 4.79 Å². The van der Waals surface area contributed by atoms with Crippen molar-refractivity contribution < 1.29 is 9.53 Å². The summed E-state index contributed by atoms with van der Waals surface area (Å²) in [6, 6.07) is 0.337. The lowest BCUT2D eigenvalue weighted by molar-refractivity contribution is -0.141. The van der Waals surface area contributed by atoms with Crippen LogP contribution in [0.25, 0.3) is 0 Å². The molecule has 0 saturated carbocycles. The first-order valence-corrected chi connectivity index (χ1v) is 6.28. The third-order valence-electron chi connectivity index (χ3n) is 2.38. The Morgan fingerprint density at radius 2 is 2.13 bits per heavy atom. The second-order valence-corrected chi connectivity index (χ2v) is 4.79. The lowest BCUT2D eigenvalue weighted by Crippen LogP contribution is -2.53. The van der Waals surface area contributed by atoms with E-state index in [9.17, 15) is 4.79 Å². The number of nitrogens with one attached hydrogen (secondary N) is 1. The third kappa shape index (κ3) is 3.50. The highest BCUT2D eigenvalue weighted by atomic mass is 32.2. The van der Waals surface area contributed by atoms with Crippen molar-refractivity contribution in [1.82, 2.24) is 4.90 Å². The number of hydrogen-bond donors (Lipinski definition) is 1. The van der Waals surface area contributed by atoms with E-state index >= 15 is 0 Å². The molecule has 86 valence electrons. The fraction of sp³-hybridized carbons (Fsp3) is 0.800. The molecule has 0 spiro atoms. The van der Waals surface area contributed by atoms with Crippen molar-refractivity contribution in [3.63, 3.8) is 0 Å². The molecule has 0 aromatic rings. The van der Waals surface area contributed by atoms with Crippen LogP contribution in [0.1, 0.15) is 13.8 Å². The van der Waals surface area contributed by atoms with Gasteiger partial charge in [-0.15, -0.1) is 11.8 Å². The number of rotatable bonds is 4. The van der Waals surface area contributed by atoms with Crippen molar-refractivity contribution in [1.29, 1.82) is 5.41 Å². The molecule has 1 amide bonds. The van der Waals surface area contributed by atoms with Crippen molar-refractivity contribution in [2.75, 3.05) is 24.7 Å². The minimum Gasteiger partial charge on any atom is -0.377 e. The van der Waals surface area contributed by atoms with E-state index < -0.39 is 0 Å². The van der Waals surface area contributed by atoms with Crippen LogP contribution in [0, 0.1) is 5.41 Å². The monoisotopic (exact) mass is 230 g/mol. The predicted octanol–water partition coefficient (Wildman–Crippen LogP) is 1.00. The van der Waals surface area contributed by atoms with Crippen LogP contribution in [0.2, 0.25) is 0 Å². The first-order chi connectivity index (χ1) is 7.16. The van der Waals surface area contributed by atoms with Crippen molar-refractivity contribution in [2.24, 2.45) is 0 Å². The maximum Gasteiger partial charge on any atom is 0.233 e. The molecule has 5 heteroatoms. The van der Waals surface area contributed by atoms with E-state index in [1.807, 2.05) is 18.7 Å². The van der Waals surface area contributed by atoms with Gasteiger partial charge in [-0.05, 0) is 13.8 Å². The lowest BCUT2D eigenvalue weighted by Gasteiger charge is -2.38. The van der Waals surface area contributed by atoms with Crippen LogP contribution in [0.5, 0.6) is 0 Å². The lowest BCUT2D eigenvalue weighted by atomic mass is 10.2. The molecule has 2 atom stereocenters. The molecule has 1 saturated heterocycles. The standard InChI is InChI=1S/C10H18N2O2S/c1-8-5-14-6-9(2)12(8)10(13)7-15-4-3-11/h3,8-9,11H,4-7H2,1-2H3. The summed E-state index contributed by atoms with van der Waals surface area (Å²) in [6.45, 7) is 5.28. The Labute approximate surface area is 94.9 Å². The summed E-state index contributed by atoms with van der Waals surface area (Å²) in [7, 11) is 0. The summed E-state index contributed by atoms with van der Waals surface area (Å²) >= 11 is 1.48. The average Bonchev–Trinajstić information content (AvgIpc) is 2.18. The second kappa shape index (κ2) is 6.12. The SMILES string of the molecule is CC1COCC(C)N1C(=O)CSCC=N. The fourth-order valence-corrected chi connectivity index (χ4v) is 2.33. The molecule has 15 heavy (non-hydrogen) atoms. The quantitative estimate of drug-likeness (QED) is 0.579. The summed E-state index contributed by atoms with van der Waals surface area (Å²) in [6.07, 6.45) is 1.32. The van der Waals surface area contributed by atoms with Crippen LogP contribution in [0.4, 0.5) is 0 Å². The first kappa shape index (κ1) is 12.5. The van der Waals surface area contributed by atoms with Gasteiger partial charge < -0.3 is 15.0 Å². The van der Waals surface area contributed by atoms with Crippen LogP contribution in [0.15, 0.2) is 0 Å². The predicted molar refractivity (Wildman–Crippen MR) is 62.7 cm³/mol. The van der Waals surface area contributed by atoms with Gasteiger partial charge in [0, 0.05) is 12.0 Å². The van der Waals surface area contributed by atoms with Crippen LogP contribution >= 0.6 is 11.8 Å². The molecule has 0 radical (unpaired) electrons. The van der Waals surface area contributed by atoms with Crippen LogP contribution < -0.4 is 0 Å². The number of carbonyl (C=O) groups is 1. The van der Waals surface area contributed by atoms with E-state index in [1.165, 1.54) is 18.0 Å². The minimum absolute atomic E-state index is 0.158. The van der Waals surface area contributed by atoms with E-state index in [-0.39, 0.29) is 18.0 Å². The first-order valence-electron chi connectivity index (χ1n) is 5.12. The largest absolute Gasteiger partial charge is 0.377 e. The molecule has 2 unspecified atom stereocenters. The normalized spacial score (nSPS) is 26.4. The van der Waals surface area contributed by atoms with E-state index in [2.05, 4.69) is 0 Å². The maximum absolute atomic E-state index is 11.9. The van der Waals surface area contributed by atoms with Crippen molar-refractivity contribution >= 4 is 23.9 Å². The molecule has 0 bridgehead atoms. The number of hydrogen-bond acceptors (Lipinski definition) is 4. The number of nitrogens with zero attached hydrogens (tertiary/aromatic N) is 1. The zero-order valence-corrected chi connectivity index (χ0v) is 10.0. The van der Waals surface area contributed by atoms with Gasteiger partial charge in [-0.2, -0.15) is 0 Å². The molecule has 1 rings (SSSR count). The molecule has 1 heterocycles. The summed E-state index contributed by atoms with van der Waals surface area (Å²) in [5, 5.41) is 6.88. The Bertz CT molecular complexity index is 225. The molecule has 1 fully saturated rings. The van der Waals surface area contributed by atoms with Crippen LogP contribution in [-0.4, -0.2) is 53.8 Å². The maximum atomic E-state index is 11.9. The highest BCUT2D eigenvalue weighted by molar-refractivity contribution is 8.00. The van der Waals surface area contributed by atoms with Crippen molar-refractivity contribution in [2.45, 2.75) is 25.9 Å². The van der Waals surface area contributed by atoms with E-state index in [1.54, 1.807) is 0 Å². The van der Waals surface area contributed by atoms with Gasteiger partial charge in [0.15, 0.2) is 0 Å². The van der Waals surface area contributed by atoms with Gasteiger partial charge in [0.2, 0.25) is 5.91 Å². The highest BCUT2D eigenvalue weighted by Crippen LogP contribution is 2.14. The smallest absolute Gasteiger partial charge is 0.233 e. The number of carbonyl (C=O) groups excluding carboxylic acids is 1. The molecule has 0 aromatic carbocycles. The molecular weight excluding hydrogens is 212 g/mol. The Balaban J connectivity index is 2.44. The van der Waals surface area contributed by atoms with Crippen molar-refractivity contribution in [3.8, 4) is 0 Å². The summed E-state index contributed by atoms with van der Waals surface area (Å²) < 4.78 is 5.36. The number of morpholine rings is 1. The van der Waals surface area contributed by atoms with E-state index in [0.29, 0.717) is 24.7 Å². The number of thioether (sulfide) groups is 1.